The zero-order valence-corrected chi connectivity index (χ0v) is 25.8. The van der Waals surface area contributed by atoms with E-state index in [0.29, 0.717) is 35.7 Å². The van der Waals surface area contributed by atoms with E-state index in [1.54, 1.807) is 11.8 Å². The first-order valence-electron chi connectivity index (χ1n) is 14.8. The first-order chi connectivity index (χ1) is 19.9. The van der Waals surface area contributed by atoms with Crippen molar-refractivity contribution in [3.8, 4) is 11.5 Å². The number of amides is 2. The summed E-state index contributed by atoms with van der Waals surface area (Å²) in [6.45, 7) is 4.88. The minimum atomic E-state index is -0.559. The molecule has 1 aliphatic carbocycles. The van der Waals surface area contributed by atoms with Crippen LogP contribution in [0.25, 0.3) is 0 Å². The molecule has 222 valence electrons. The van der Waals surface area contributed by atoms with Crippen LogP contribution >= 0.6 is 24.0 Å². The normalized spacial score (nSPS) is 18.1. The van der Waals surface area contributed by atoms with Crippen molar-refractivity contribution in [3.63, 3.8) is 0 Å². The Hall–Kier alpha value is -2.78. The first kappa shape index (κ1) is 31.2. The van der Waals surface area contributed by atoms with Gasteiger partial charge in [0, 0.05) is 12.3 Å². The third-order valence-electron chi connectivity index (χ3n) is 7.55. The molecule has 1 heterocycles. The van der Waals surface area contributed by atoms with E-state index >= 15 is 0 Å². The van der Waals surface area contributed by atoms with Gasteiger partial charge in [0.1, 0.15) is 17.5 Å². The molecule has 0 spiro atoms. The van der Waals surface area contributed by atoms with Gasteiger partial charge in [-0.25, -0.2) is 4.79 Å². The van der Waals surface area contributed by atoms with Crippen molar-refractivity contribution in [2.75, 3.05) is 18.2 Å². The Labute approximate surface area is 254 Å². The van der Waals surface area contributed by atoms with Gasteiger partial charge in [0.15, 0.2) is 0 Å². The molecule has 2 aliphatic rings. The lowest BCUT2D eigenvalue weighted by molar-refractivity contribution is -0.125. The Balaban J connectivity index is 1.35. The third-order valence-corrected chi connectivity index (χ3v) is 8.99. The van der Waals surface area contributed by atoms with E-state index in [0.717, 1.165) is 29.9 Å². The number of ether oxygens (including phenoxy) is 2. The van der Waals surface area contributed by atoms with E-state index in [-0.39, 0.29) is 17.9 Å². The molecule has 1 aliphatic heterocycles. The van der Waals surface area contributed by atoms with Crippen LogP contribution in [0.15, 0.2) is 54.6 Å². The molecule has 1 saturated carbocycles. The molecule has 2 aromatic carbocycles. The smallest absolute Gasteiger partial charge is 0.411 e. The number of nitrogens with zero attached hydrogens (tertiary/aromatic N) is 1. The van der Waals surface area contributed by atoms with Gasteiger partial charge in [-0.05, 0) is 54.5 Å². The Kier molecular flexibility index (Phi) is 12.2. The minimum absolute atomic E-state index is 0.170. The average Bonchev–Trinajstić information content (AvgIpc) is 3.49. The van der Waals surface area contributed by atoms with Crippen molar-refractivity contribution in [1.29, 1.82) is 0 Å². The fraction of sp³-hybridized carbons (Fsp3) is 0.531. The van der Waals surface area contributed by atoms with Crippen LogP contribution in [0, 0.1) is 11.8 Å². The van der Waals surface area contributed by atoms with Gasteiger partial charge >= 0.3 is 6.09 Å². The number of para-hydroxylation sites is 1. The molecule has 2 atom stereocenters. The summed E-state index contributed by atoms with van der Waals surface area (Å²) in [6, 6.07) is 16.8. The second-order valence-corrected chi connectivity index (χ2v) is 12.8. The fourth-order valence-corrected chi connectivity index (χ4v) is 6.58. The highest BCUT2D eigenvalue weighted by molar-refractivity contribution is 7.99. The molecule has 2 aromatic rings. The monoisotopic (exact) mass is 597 g/mol. The minimum Gasteiger partial charge on any atom is -0.457 e. The van der Waals surface area contributed by atoms with Crippen molar-refractivity contribution in [2.45, 2.75) is 77.4 Å². The van der Waals surface area contributed by atoms with Crippen LogP contribution in [0.2, 0.25) is 0 Å². The molecule has 2 N–H and O–H groups in total. The summed E-state index contributed by atoms with van der Waals surface area (Å²) in [5, 5.41) is 6.58. The third kappa shape index (κ3) is 9.92. The number of hydrogen-bond donors (Lipinski definition) is 2. The number of hydrogen-bond acceptors (Lipinski definition) is 6. The number of rotatable bonds is 12. The summed E-state index contributed by atoms with van der Waals surface area (Å²) >= 11 is 7.40. The molecular weight excluding hydrogens is 555 g/mol. The summed E-state index contributed by atoms with van der Waals surface area (Å²) in [6.07, 6.45) is 7.74. The van der Waals surface area contributed by atoms with E-state index in [1.807, 2.05) is 68.4 Å². The van der Waals surface area contributed by atoms with Gasteiger partial charge in [-0.15, -0.1) is 11.8 Å². The van der Waals surface area contributed by atoms with E-state index in [9.17, 15) is 9.59 Å². The first-order valence-corrected chi connectivity index (χ1v) is 16.4. The molecule has 0 radical (unpaired) electrons. The van der Waals surface area contributed by atoms with E-state index in [4.69, 9.17) is 21.7 Å². The summed E-state index contributed by atoms with van der Waals surface area (Å²) in [5.41, 5.74) is 1.07. The Morgan fingerprint density at radius 1 is 1.02 bits per heavy atom. The number of thioether (sulfide) groups is 1. The lowest BCUT2D eigenvalue weighted by Gasteiger charge is -2.28. The van der Waals surface area contributed by atoms with Gasteiger partial charge in [0.2, 0.25) is 5.91 Å². The summed E-state index contributed by atoms with van der Waals surface area (Å²) in [4.78, 5) is 28.3. The van der Waals surface area contributed by atoms with Gasteiger partial charge in [-0.3, -0.25) is 9.69 Å². The van der Waals surface area contributed by atoms with E-state index < -0.39 is 12.1 Å². The van der Waals surface area contributed by atoms with Gasteiger partial charge in [0.05, 0.1) is 23.5 Å². The van der Waals surface area contributed by atoms with Gasteiger partial charge < -0.3 is 20.1 Å². The molecule has 0 unspecified atom stereocenters. The van der Waals surface area contributed by atoms with Crippen molar-refractivity contribution in [3.05, 3.63) is 60.2 Å². The molecule has 9 heteroatoms. The second-order valence-electron chi connectivity index (χ2n) is 11.4. The molecule has 0 bridgehead atoms. The molecule has 1 saturated heterocycles. The second kappa shape index (κ2) is 16.0. The molecule has 0 aromatic heterocycles. The SMILES string of the molecule is CC(C)COC(=O)N1CSC[C@H]1C(=O)N[C@H](CCC1CCCCC1)C(=S)NCc1ccc(Oc2ccccc2)cc1. The predicted octanol–water partition coefficient (Wildman–Crippen LogP) is 6.91. The van der Waals surface area contributed by atoms with Crippen LogP contribution < -0.4 is 15.4 Å². The predicted molar refractivity (Wildman–Crippen MR) is 169 cm³/mol. The maximum Gasteiger partial charge on any atom is 0.411 e. The van der Waals surface area contributed by atoms with E-state index in [1.165, 1.54) is 37.0 Å². The highest BCUT2D eigenvalue weighted by Gasteiger charge is 2.37. The number of nitrogens with one attached hydrogen (secondary N) is 2. The maximum atomic E-state index is 13.5. The number of thiocarbonyl (C=S) groups is 1. The Bertz CT molecular complexity index is 1120. The van der Waals surface area contributed by atoms with Crippen LogP contribution in [-0.2, 0) is 16.1 Å². The number of benzene rings is 2. The maximum absolute atomic E-state index is 13.5. The molecule has 7 nitrogen and oxygen atoms in total. The topological polar surface area (TPSA) is 79.9 Å². The van der Waals surface area contributed by atoms with Crippen LogP contribution in [0.1, 0.15) is 64.4 Å². The highest BCUT2D eigenvalue weighted by atomic mass is 32.2. The molecule has 41 heavy (non-hydrogen) atoms. The molecule has 4 rings (SSSR count). The van der Waals surface area contributed by atoms with Crippen molar-refractivity contribution in [2.24, 2.45) is 11.8 Å². The van der Waals surface area contributed by atoms with Crippen molar-refractivity contribution < 1.29 is 19.1 Å². The fourth-order valence-electron chi connectivity index (χ4n) is 5.19. The summed E-state index contributed by atoms with van der Waals surface area (Å²) < 4.78 is 11.3. The van der Waals surface area contributed by atoms with Crippen LogP contribution in [0.5, 0.6) is 11.5 Å². The van der Waals surface area contributed by atoms with Crippen molar-refractivity contribution >= 4 is 41.0 Å². The van der Waals surface area contributed by atoms with Crippen LogP contribution in [0.4, 0.5) is 4.79 Å². The quantitative estimate of drug-likeness (QED) is 0.258. The van der Waals surface area contributed by atoms with Gasteiger partial charge in [-0.2, -0.15) is 0 Å². The standard InChI is InChI=1S/C32H43N3O4S2/c1-23(2)20-38-32(37)35-22-41-21-29(35)30(36)34-28(18-15-24-9-5-3-6-10-24)31(40)33-19-25-13-16-27(17-14-25)39-26-11-7-4-8-12-26/h4,7-8,11-14,16-17,23-24,28-29H,3,5-6,9-10,15,18-22H2,1-2H3,(H,33,40)(H,34,36)/t28-,29+/m1/s1. The zero-order chi connectivity index (χ0) is 29.0. The van der Waals surface area contributed by atoms with Crippen LogP contribution in [0.3, 0.4) is 0 Å². The molecule has 2 fully saturated rings. The summed E-state index contributed by atoms with van der Waals surface area (Å²) in [5.74, 6) is 3.31. The number of carbonyl (C=O) groups is 2. The number of carbonyl (C=O) groups excluding carboxylic acids is 2. The zero-order valence-electron chi connectivity index (χ0n) is 24.2. The van der Waals surface area contributed by atoms with E-state index in [2.05, 4.69) is 10.6 Å². The van der Waals surface area contributed by atoms with Crippen LogP contribution in [-0.4, -0.2) is 52.2 Å². The van der Waals surface area contributed by atoms with Crippen molar-refractivity contribution in [1.82, 2.24) is 15.5 Å². The largest absolute Gasteiger partial charge is 0.457 e. The Morgan fingerprint density at radius 2 is 1.73 bits per heavy atom. The lowest BCUT2D eigenvalue weighted by Crippen LogP contribution is -2.53. The Morgan fingerprint density at radius 3 is 2.44 bits per heavy atom. The molecule has 2 amide bonds. The average molecular weight is 598 g/mol. The summed E-state index contributed by atoms with van der Waals surface area (Å²) in [7, 11) is 0. The van der Waals surface area contributed by atoms with Gasteiger partial charge in [0.25, 0.3) is 0 Å². The highest BCUT2D eigenvalue weighted by Crippen LogP contribution is 2.28. The van der Waals surface area contributed by atoms with Gasteiger partial charge in [-0.1, -0.05) is 88.5 Å². The molecular formula is C32H43N3O4S2. The lowest BCUT2D eigenvalue weighted by atomic mass is 9.85.